The molecule has 88 valence electrons. The highest BCUT2D eigenvalue weighted by Gasteiger charge is 2.19. The predicted molar refractivity (Wildman–Crippen MR) is 63.5 cm³/mol. The van der Waals surface area contributed by atoms with Gasteiger partial charge in [-0.05, 0) is 32.5 Å². The molecule has 1 fully saturated rings. The second-order valence-electron chi connectivity index (χ2n) is 4.41. The molecular formula is C13H19NO2. The molecule has 16 heavy (non-hydrogen) atoms. The average molecular weight is 221 g/mol. The molecule has 0 saturated carbocycles. The first-order valence-corrected chi connectivity index (χ1v) is 5.83. The zero-order valence-electron chi connectivity index (χ0n) is 9.72. The lowest BCUT2D eigenvalue weighted by Crippen LogP contribution is -2.38. The molecule has 0 amide bonds. The van der Waals surface area contributed by atoms with Crippen molar-refractivity contribution >= 4 is 0 Å². The average Bonchev–Trinajstić information content (AvgIpc) is 2.30. The molecule has 1 saturated heterocycles. The summed E-state index contributed by atoms with van der Waals surface area (Å²) in [7, 11) is 2.12. The van der Waals surface area contributed by atoms with E-state index in [-0.39, 0.29) is 12.7 Å². The van der Waals surface area contributed by atoms with Gasteiger partial charge in [-0.3, -0.25) is 0 Å². The summed E-state index contributed by atoms with van der Waals surface area (Å²) in [5.74, 6) is 0.824. The van der Waals surface area contributed by atoms with Gasteiger partial charge in [0, 0.05) is 12.1 Å². The van der Waals surface area contributed by atoms with Crippen molar-refractivity contribution in [3.63, 3.8) is 0 Å². The quantitative estimate of drug-likeness (QED) is 0.842. The Kier molecular flexibility index (Phi) is 3.80. The summed E-state index contributed by atoms with van der Waals surface area (Å²) in [6, 6.07) is 7.70. The maximum Gasteiger partial charge on any atom is 0.125 e. The summed E-state index contributed by atoms with van der Waals surface area (Å²) >= 11 is 0. The van der Waals surface area contributed by atoms with Gasteiger partial charge in [-0.15, -0.1) is 0 Å². The second kappa shape index (κ2) is 5.32. The van der Waals surface area contributed by atoms with Crippen molar-refractivity contribution in [1.29, 1.82) is 0 Å². The van der Waals surface area contributed by atoms with E-state index in [1.54, 1.807) is 0 Å². The third-order valence-electron chi connectivity index (χ3n) is 3.02. The van der Waals surface area contributed by atoms with Crippen LogP contribution < -0.4 is 4.74 Å². The lowest BCUT2D eigenvalue weighted by molar-refractivity contribution is 0.102. The van der Waals surface area contributed by atoms with Gasteiger partial charge < -0.3 is 14.7 Å². The minimum atomic E-state index is 0.0404. The summed E-state index contributed by atoms with van der Waals surface area (Å²) in [6.45, 7) is 2.17. The van der Waals surface area contributed by atoms with Gasteiger partial charge in [0.15, 0.2) is 0 Å². The molecule has 1 aromatic rings. The van der Waals surface area contributed by atoms with Crippen LogP contribution in [0.15, 0.2) is 24.3 Å². The third-order valence-corrected chi connectivity index (χ3v) is 3.02. The number of para-hydroxylation sites is 1. The highest BCUT2D eigenvalue weighted by molar-refractivity contribution is 5.32. The summed E-state index contributed by atoms with van der Waals surface area (Å²) in [5, 5.41) is 9.21. The van der Waals surface area contributed by atoms with Crippen LogP contribution >= 0.6 is 0 Å². The van der Waals surface area contributed by atoms with Gasteiger partial charge in [0.1, 0.15) is 11.9 Å². The lowest BCUT2D eigenvalue weighted by atomic mass is 10.1. The monoisotopic (exact) mass is 221 g/mol. The molecule has 2 rings (SSSR count). The van der Waals surface area contributed by atoms with Gasteiger partial charge in [0.25, 0.3) is 0 Å². The van der Waals surface area contributed by atoms with E-state index < -0.39 is 0 Å². The zero-order valence-corrected chi connectivity index (χ0v) is 9.72. The maximum absolute atomic E-state index is 9.21. The van der Waals surface area contributed by atoms with Crippen LogP contribution in [-0.4, -0.2) is 36.2 Å². The van der Waals surface area contributed by atoms with Crippen molar-refractivity contribution in [2.75, 3.05) is 20.1 Å². The molecule has 0 radical (unpaired) electrons. The molecular weight excluding hydrogens is 202 g/mol. The van der Waals surface area contributed by atoms with Crippen molar-refractivity contribution in [2.45, 2.75) is 25.6 Å². The maximum atomic E-state index is 9.21. The van der Waals surface area contributed by atoms with Crippen LogP contribution in [-0.2, 0) is 6.61 Å². The number of likely N-dealkylation sites (N-methyl/N-ethyl adjacent to an activating group) is 1. The van der Waals surface area contributed by atoms with Crippen LogP contribution in [0.1, 0.15) is 18.4 Å². The summed E-state index contributed by atoms with van der Waals surface area (Å²) in [4.78, 5) is 2.29. The number of rotatable bonds is 3. The van der Waals surface area contributed by atoms with Crippen LogP contribution in [0.2, 0.25) is 0 Å². The first kappa shape index (κ1) is 11.4. The van der Waals surface area contributed by atoms with E-state index in [0.29, 0.717) is 0 Å². The Labute approximate surface area is 96.6 Å². The zero-order chi connectivity index (χ0) is 11.4. The summed E-state index contributed by atoms with van der Waals surface area (Å²) < 4.78 is 5.95. The number of piperidine rings is 1. The normalized spacial score (nSPS) is 22.0. The molecule has 0 spiro atoms. The van der Waals surface area contributed by atoms with Crippen molar-refractivity contribution in [1.82, 2.24) is 4.90 Å². The SMILES string of the molecule is CN1CCCC(Oc2ccccc2CO)C1. The molecule has 1 aliphatic heterocycles. The van der Waals surface area contributed by atoms with Crippen LogP contribution in [0.25, 0.3) is 0 Å². The molecule has 0 bridgehead atoms. The van der Waals surface area contributed by atoms with Gasteiger partial charge in [-0.25, -0.2) is 0 Å². The number of hydrogen-bond donors (Lipinski definition) is 1. The van der Waals surface area contributed by atoms with E-state index in [2.05, 4.69) is 11.9 Å². The number of nitrogens with zero attached hydrogens (tertiary/aromatic N) is 1. The van der Waals surface area contributed by atoms with E-state index >= 15 is 0 Å². The van der Waals surface area contributed by atoms with Crippen molar-refractivity contribution in [3.8, 4) is 5.75 Å². The Morgan fingerprint density at radius 1 is 1.44 bits per heavy atom. The number of hydrogen-bond acceptors (Lipinski definition) is 3. The van der Waals surface area contributed by atoms with E-state index in [1.807, 2.05) is 24.3 Å². The first-order chi connectivity index (χ1) is 7.79. The summed E-state index contributed by atoms with van der Waals surface area (Å²) in [5.41, 5.74) is 0.871. The molecule has 1 heterocycles. The van der Waals surface area contributed by atoms with Gasteiger partial charge in [0.2, 0.25) is 0 Å². The largest absolute Gasteiger partial charge is 0.489 e. The van der Waals surface area contributed by atoms with E-state index in [1.165, 1.54) is 6.42 Å². The fourth-order valence-electron chi connectivity index (χ4n) is 2.14. The van der Waals surface area contributed by atoms with E-state index in [0.717, 1.165) is 30.8 Å². The molecule has 1 N–H and O–H groups in total. The van der Waals surface area contributed by atoms with Crippen molar-refractivity contribution < 1.29 is 9.84 Å². The molecule has 1 aromatic carbocycles. The third kappa shape index (κ3) is 2.74. The number of aliphatic hydroxyl groups excluding tert-OH is 1. The van der Waals surface area contributed by atoms with Gasteiger partial charge in [-0.2, -0.15) is 0 Å². The van der Waals surface area contributed by atoms with E-state index in [9.17, 15) is 5.11 Å². The Hall–Kier alpha value is -1.06. The Morgan fingerprint density at radius 2 is 2.25 bits per heavy atom. The standard InChI is InChI=1S/C13H19NO2/c1-14-8-4-6-12(9-14)16-13-7-3-2-5-11(13)10-15/h2-3,5,7,12,15H,4,6,8-10H2,1H3. The molecule has 1 aliphatic rings. The Morgan fingerprint density at radius 3 is 3.00 bits per heavy atom. The smallest absolute Gasteiger partial charge is 0.125 e. The second-order valence-corrected chi connectivity index (χ2v) is 4.41. The number of aliphatic hydroxyl groups is 1. The van der Waals surface area contributed by atoms with Crippen LogP contribution in [0, 0.1) is 0 Å². The van der Waals surface area contributed by atoms with Gasteiger partial charge in [0.05, 0.1) is 6.61 Å². The molecule has 1 unspecified atom stereocenters. The van der Waals surface area contributed by atoms with E-state index in [4.69, 9.17) is 4.74 Å². The number of ether oxygens (including phenoxy) is 1. The Balaban J connectivity index is 2.02. The minimum absolute atomic E-state index is 0.0404. The van der Waals surface area contributed by atoms with Gasteiger partial charge in [-0.1, -0.05) is 18.2 Å². The highest BCUT2D eigenvalue weighted by Crippen LogP contribution is 2.22. The first-order valence-electron chi connectivity index (χ1n) is 5.83. The summed E-state index contributed by atoms with van der Waals surface area (Å²) in [6.07, 6.45) is 2.54. The molecule has 3 nitrogen and oxygen atoms in total. The van der Waals surface area contributed by atoms with Crippen LogP contribution in [0.3, 0.4) is 0 Å². The molecule has 1 atom stereocenters. The Bertz CT molecular complexity index is 340. The predicted octanol–water partition coefficient (Wildman–Crippen LogP) is 1.65. The fraction of sp³-hybridized carbons (Fsp3) is 0.538. The minimum Gasteiger partial charge on any atom is -0.489 e. The van der Waals surface area contributed by atoms with Crippen molar-refractivity contribution in [3.05, 3.63) is 29.8 Å². The van der Waals surface area contributed by atoms with Crippen LogP contribution in [0.5, 0.6) is 5.75 Å². The van der Waals surface area contributed by atoms with Gasteiger partial charge >= 0.3 is 0 Å². The molecule has 0 aromatic heterocycles. The topological polar surface area (TPSA) is 32.7 Å². The van der Waals surface area contributed by atoms with Crippen molar-refractivity contribution in [2.24, 2.45) is 0 Å². The molecule has 3 heteroatoms. The van der Waals surface area contributed by atoms with Crippen LogP contribution in [0.4, 0.5) is 0 Å². The number of likely N-dealkylation sites (tertiary alicyclic amines) is 1. The lowest BCUT2D eigenvalue weighted by Gasteiger charge is -2.30. The fourth-order valence-corrected chi connectivity index (χ4v) is 2.14. The number of benzene rings is 1. The molecule has 0 aliphatic carbocycles. The highest BCUT2D eigenvalue weighted by atomic mass is 16.5.